The van der Waals surface area contributed by atoms with Gasteiger partial charge in [-0.3, -0.25) is 4.79 Å². The zero-order chi connectivity index (χ0) is 12.0. The lowest BCUT2D eigenvalue weighted by molar-refractivity contribution is -0.118. The number of hydrogen-bond donors (Lipinski definition) is 1. The van der Waals surface area contributed by atoms with Gasteiger partial charge in [0.25, 0.3) is 0 Å². The molecule has 0 aromatic heterocycles. The highest BCUT2D eigenvalue weighted by Gasteiger charge is 2.07. The fraction of sp³-hybridized carbons (Fsp3) is 0.417. The van der Waals surface area contributed by atoms with E-state index in [0.29, 0.717) is 23.6 Å². The summed E-state index contributed by atoms with van der Waals surface area (Å²) in [5.74, 6) is -0.275. The molecule has 0 aliphatic carbocycles. The SMILES string of the molecule is CCNCCC(=O)Cc1ccc(F)cc1Cl. The van der Waals surface area contributed by atoms with E-state index >= 15 is 0 Å². The van der Waals surface area contributed by atoms with Gasteiger partial charge in [-0.15, -0.1) is 0 Å². The van der Waals surface area contributed by atoms with Crippen molar-refractivity contribution >= 4 is 17.4 Å². The number of hydrogen-bond acceptors (Lipinski definition) is 2. The molecular weight excluding hydrogens is 229 g/mol. The highest BCUT2D eigenvalue weighted by molar-refractivity contribution is 6.31. The summed E-state index contributed by atoms with van der Waals surface area (Å²) in [6.45, 7) is 3.51. The molecule has 0 bridgehead atoms. The predicted molar refractivity (Wildman–Crippen MR) is 63.3 cm³/mol. The molecule has 0 atom stereocenters. The van der Waals surface area contributed by atoms with E-state index < -0.39 is 0 Å². The van der Waals surface area contributed by atoms with E-state index in [1.165, 1.54) is 12.1 Å². The Balaban J connectivity index is 2.49. The molecule has 0 saturated heterocycles. The maximum atomic E-state index is 12.8. The van der Waals surface area contributed by atoms with Gasteiger partial charge in [0.2, 0.25) is 0 Å². The third kappa shape index (κ3) is 4.29. The zero-order valence-electron chi connectivity index (χ0n) is 9.22. The number of benzene rings is 1. The van der Waals surface area contributed by atoms with Crippen molar-refractivity contribution in [3.05, 3.63) is 34.6 Å². The number of carbonyl (C=O) groups excluding carboxylic acids is 1. The second-order valence-electron chi connectivity index (χ2n) is 3.55. The first-order chi connectivity index (χ1) is 7.63. The van der Waals surface area contributed by atoms with E-state index in [-0.39, 0.29) is 18.0 Å². The minimum absolute atomic E-state index is 0.106. The molecule has 0 fully saturated rings. The van der Waals surface area contributed by atoms with Gasteiger partial charge in [-0.05, 0) is 24.2 Å². The van der Waals surface area contributed by atoms with Gasteiger partial charge in [0, 0.05) is 24.4 Å². The Bertz CT molecular complexity index is 368. The maximum absolute atomic E-state index is 12.8. The van der Waals surface area contributed by atoms with E-state index in [0.717, 1.165) is 6.54 Å². The van der Waals surface area contributed by atoms with Crippen molar-refractivity contribution in [2.75, 3.05) is 13.1 Å². The Morgan fingerprint density at radius 1 is 1.50 bits per heavy atom. The van der Waals surface area contributed by atoms with Crippen molar-refractivity contribution in [1.82, 2.24) is 5.32 Å². The highest BCUT2D eigenvalue weighted by atomic mass is 35.5. The second kappa shape index (κ2) is 6.61. The van der Waals surface area contributed by atoms with Crippen molar-refractivity contribution < 1.29 is 9.18 Å². The molecule has 0 heterocycles. The molecule has 1 N–H and O–H groups in total. The Kier molecular flexibility index (Phi) is 5.43. The van der Waals surface area contributed by atoms with Crippen molar-refractivity contribution in [2.24, 2.45) is 0 Å². The molecule has 16 heavy (non-hydrogen) atoms. The first-order valence-electron chi connectivity index (χ1n) is 5.29. The molecular formula is C12H15ClFNO. The molecule has 1 rings (SSSR count). The molecule has 0 amide bonds. The summed E-state index contributed by atoms with van der Waals surface area (Å²) >= 11 is 5.83. The lowest BCUT2D eigenvalue weighted by atomic mass is 10.1. The monoisotopic (exact) mass is 243 g/mol. The van der Waals surface area contributed by atoms with Crippen LogP contribution in [0.25, 0.3) is 0 Å². The Hall–Kier alpha value is -0.930. The lowest BCUT2D eigenvalue weighted by Gasteiger charge is -2.04. The minimum atomic E-state index is -0.381. The summed E-state index contributed by atoms with van der Waals surface area (Å²) < 4.78 is 12.8. The summed E-state index contributed by atoms with van der Waals surface area (Å²) in [7, 11) is 0. The largest absolute Gasteiger partial charge is 0.317 e. The molecule has 2 nitrogen and oxygen atoms in total. The van der Waals surface area contributed by atoms with Crippen LogP contribution in [0.3, 0.4) is 0 Å². The third-order valence-corrected chi connectivity index (χ3v) is 2.59. The maximum Gasteiger partial charge on any atom is 0.138 e. The smallest absolute Gasteiger partial charge is 0.138 e. The summed E-state index contributed by atoms with van der Waals surface area (Å²) in [6.07, 6.45) is 0.742. The number of halogens is 2. The molecule has 0 unspecified atom stereocenters. The quantitative estimate of drug-likeness (QED) is 0.779. The van der Waals surface area contributed by atoms with Crippen LogP contribution in [-0.2, 0) is 11.2 Å². The van der Waals surface area contributed by atoms with Gasteiger partial charge in [-0.2, -0.15) is 0 Å². The van der Waals surface area contributed by atoms with Gasteiger partial charge in [-0.1, -0.05) is 24.6 Å². The number of Topliss-reactive ketones (excluding diaryl/α,β-unsaturated/α-hetero) is 1. The minimum Gasteiger partial charge on any atom is -0.317 e. The third-order valence-electron chi connectivity index (χ3n) is 2.23. The number of nitrogens with one attached hydrogen (secondary N) is 1. The van der Waals surface area contributed by atoms with E-state index in [9.17, 15) is 9.18 Å². The van der Waals surface area contributed by atoms with Crippen LogP contribution in [0.15, 0.2) is 18.2 Å². The van der Waals surface area contributed by atoms with Crippen LogP contribution < -0.4 is 5.32 Å². The van der Waals surface area contributed by atoms with E-state index in [1.807, 2.05) is 6.92 Å². The molecule has 0 spiro atoms. The molecule has 4 heteroatoms. The summed E-state index contributed by atoms with van der Waals surface area (Å²) in [5.41, 5.74) is 0.685. The van der Waals surface area contributed by atoms with Crippen molar-refractivity contribution in [2.45, 2.75) is 19.8 Å². The van der Waals surface area contributed by atoms with Crippen LogP contribution in [0.5, 0.6) is 0 Å². The molecule has 1 aromatic carbocycles. The Morgan fingerprint density at radius 2 is 2.25 bits per heavy atom. The predicted octanol–water partition coefficient (Wildman–Crippen LogP) is 2.59. The normalized spacial score (nSPS) is 10.4. The fourth-order valence-electron chi connectivity index (χ4n) is 1.37. The van der Waals surface area contributed by atoms with Gasteiger partial charge in [0.15, 0.2) is 0 Å². The molecule has 0 radical (unpaired) electrons. The molecule has 0 saturated carbocycles. The van der Waals surface area contributed by atoms with E-state index in [4.69, 9.17) is 11.6 Å². The number of ketones is 1. The number of rotatable bonds is 6. The molecule has 0 aliphatic heterocycles. The van der Waals surface area contributed by atoms with E-state index in [2.05, 4.69) is 5.32 Å². The Morgan fingerprint density at radius 3 is 2.88 bits per heavy atom. The molecule has 1 aromatic rings. The van der Waals surface area contributed by atoms with Gasteiger partial charge >= 0.3 is 0 Å². The second-order valence-corrected chi connectivity index (χ2v) is 3.96. The van der Waals surface area contributed by atoms with Crippen molar-refractivity contribution in [3.63, 3.8) is 0 Å². The van der Waals surface area contributed by atoms with Gasteiger partial charge in [0.1, 0.15) is 11.6 Å². The van der Waals surface area contributed by atoms with E-state index in [1.54, 1.807) is 6.07 Å². The van der Waals surface area contributed by atoms with Crippen LogP contribution in [0.4, 0.5) is 4.39 Å². The molecule has 88 valence electrons. The van der Waals surface area contributed by atoms with Gasteiger partial charge < -0.3 is 5.32 Å². The highest BCUT2D eigenvalue weighted by Crippen LogP contribution is 2.18. The zero-order valence-corrected chi connectivity index (χ0v) is 9.98. The van der Waals surface area contributed by atoms with Gasteiger partial charge in [-0.25, -0.2) is 4.39 Å². The van der Waals surface area contributed by atoms with Crippen LogP contribution >= 0.6 is 11.6 Å². The number of carbonyl (C=O) groups is 1. The lowest BCUT2D eigenvalue weighted by Crippen LogP contribution is -2.18. The fourth-order valence-corrected chi connectivity index (χ4v) is 1.60. The van der Waals surface area contributed by atoms with Crippen LogP contribution in [0.1, 0.15) is 18.9 Å². The first-order valence-corrected chi connectivity index (χ1v) is 5.67. The van der Waals surface area contributed by atoms with Gasteiger partial charge in [0.05, 0.1) is 0 Å². The topological polar surface area (TPSA) is 29.1 Å². The van der Waals surface area contributed by atoms with Crippen LogP contribution in [0, 0.1) is 5.82 Å². The first kappa shape index (κ1) is 13.1. The molecule has 0 aliphatic rings. The van der Waals surface area contributed by atoms with Crippen LogP contribution in [0.2, 0.25) is 5.02 Å². The average molecular weight is 244 g/mol. The Labute approximate surface area is 99.8 Å². The summed E-state index contributed by atoms with van der Waals surface area (Å²) in [6, 6.07) is 4.11. The van der Waals surface area contributed by atoms with Crippen molar-refractivity contribution in [1.29, 1.82) is 0 Å². The van der Waals surface area contributed by atoms with Crippen molar-refractivity contribution in [3.8, 4) is 0 Å². The summed E-state index contributed by atoms with van der Waals surface area (Å²) in [5, 5.41) is 3.39. The standard InChI is InChI=1S/C12H15ClFNO/c1-2-15-6-5-11(16)7-9-3-4-10(14)8-12(9)13/h3-4,8,15H,2,5-7H2,1H3. The average Bonchev–Trinajstić information content (AvgIpc) is 2.23. The van der Waals surface area contributed by atoms with Crippen LogP contribution in [-0.4, -0.2) is 18.9 Å². The summed E-state index contributed by atoms with van der Waals surface area (Å²) in [4.78, 5) is 11.5.